The van der Waals surface area contributed by atoms with Gasteiger partial charge in [0.15, 0.2) is 0 Å². The molecule has 0 aromatic heterocycles. The van der Waals surface area contributed by atoms with E-state index in [4.69, 9.17) is 4.74 Å². The topological polar surface area (TPSA) is 109 Å². The van der Waals surface area contributed by atoms with Crippen LogP contribution in [0.15, 0.2) is 35.1 Å². The Kier molecular flexibility index (Phi) is 6.78. The first-order valence-corrected chi connectivity index (χ1v) is 8.37. The number of hydrogen-bond donors (Lipinski definition) is 2. The third kappa shape index (κ3) is 5.09. The summed E-state index contributed by atoms with van der Waals surface area (Å²) in [5.74, 6) is -0.394. The zero-order valence-electron chi connectivity index (χ0n) is 13.9. The number of hydrogen-bond acceptors (Lipinski definition) is 8. The molecule has 2 rings (SSSR count). The SMILES string of the molecule is C=C(CSN=O)Nc1ccc(N2C[C@H](CNC(=O)OC)OC2=O)cc1F. The van der Waals surface area contributed by atoms with Gasteiger partial charge in [0.25, 0.3) is 0 Å². The van der Waals surface area contributed by atoms with Crippen molar-refractivity contribution >= 4 is 35.5 Å². The van der Waals surface area contributed by atoms with Crippen molar-refractivity contribution < 1.29 is 23.5 Å². The zero-order valence-corrected chi connectivity index (χ0v) is 14.7. The van der Waals surface area contributed by atoms with Crippen LogP contribution < -0.4 is 15.5 Å². The minimum atomic E-state index is -0.639. The van der Waals surface area contributed by atoms with E-state index in [-0.39, 0.29) is 24.5 Å². The van der Waals surface area contributed by atoms with Gasteiger partial charge in [0, 0.05) is 22.2 Å². The molecule has 0 saturated carbocycles. The maximum atomic E-state index is 14.3. The van der Waals surface area contributed by atoms with E-state index in [0.717, 1.165) is 11.9 Å². The van der Waals surface area contributed by atoms with Gasteiger partial charge in [-0.3, -0.25) is 4.90 Å². The molecule has 0 bridgehead atoms. The molecule has 1 saturated heterocycles. The van der Waals surface area contributed by atoms with Gasteiger partial charge in [0.2, 0.25) is 0 Å². The number of alkyl carbamates (subject to hydrolysis) is 1. The quantitative estimate of drug-likeness (QED) is 0.524. The lowest BCUT2D eigenvalue weighted by molar-refractivity contribution is 0.132. The summed E-state index contributed by atoms with van der Waals surface area (Å²) < 4.78 is 26.5. The molecular formula is C15H17FN4O5S. The molecule has 1 aromatic carbocycles. The summed E-state index contributed by atoms with van der Waals surface area (Å²) in [5, 5.41) is 5.17. The van der Waals surface area contributed by atoms with Crippen molar-refractivity contribution in [2.24, 2.45) is 4.58 Å². The van der Waals surface area contributed by atoms with Crippen LogP contribution in [0.3, 0.4) is 0 Å². The van der Waals surface area contributed by atoms with Crippen LogP contribution in [0, 0.1) is 10.7 Å². The highest BCUT2D eigenvalue weighted by atomic mass is 32.2. The van der Waals surface area contributed by atoms with Gasteiger partial charge in [-0.25, -0.2) is 14.0 Å². The van der Waals surface area contributed by atoms with E-state index in [2.05, 4.69) is 26.5 Å². The van der Waals surface area contributed by atoms with Gasteiger partial charge < -0.3 is 20.1 Å². The molecule has 2 N–H and O–H groups in total. The third-order valence-corrected chi connectivity index (χ3v) is 3.98. The van der Waals surface area contributed by atoms with E-state index in [9.17, 15) is 18.9 Å². The Morgan fingerprint density at radius 3 is 3.00 bits per heavy atom. The van der Waals surface area contributed by atoms with Crippen LogP contribution in [-0.4, -0.2) is 44.2 Å². The lowest BCUT2D eigenvalue weighted by Gasteiger charge is -2.15. The molecular weight excluding hydrogens is 367 g/mol. The van der Waals surface area contributed by atoms with Gasteiger partial charge in [-0.05, 0) is 18.2 Å². The van der Waals surface area contributed by atoms with Crippen LogP contribution in [0.25, 0.3) is 0 Å². The number of rotatable bonds is 8. The normalized spacial score (nSPS) is 16.0. The van der Waals surface area contributed by atoms with Crippen molar-refractivity contribution in [2.45, 2.75) is 6.10 Å². The summed E-state index contributed by atoms with van der Waals surface area (Å²) in [5.41, 5.74) is 0.880. The van der Waals surface area contributed by atoms with Crippen molar-refractivity contribution in [2.75, 3.05) is 36.2 Å². The molecule has 1 fully saturated rings. The number of methoxy groups -OCH3 is 1. The largest absolute Gasteiger partial charge is 0.453 e. The molecule has 2 amide bonds. The molecule has 0 aliphatic carbocycles. The lowest BCUT2D eigenvalue weighted by atomic mass is 10.2. The van der Waals surface area contributed by atoms with Gasteiger partial charge in [-0.2, -0.15) is 0 Å². The zero-order chi connectivity index (χ0) is 19.1. The number of ether oxygens (including phenoxy) is 2. The molecule has 1 aliphatic rings. The van der Waals surface area contributed by atoms with E-state index in [1.54, 1.807) is 6.07 Å². The minimum absolute atomic E-state index is 0.0826. The summed E-state index contributed by atoms with van der Waals surface area (Å²) in [4.78, 5) is 34.3. The first-order valence-electron chi connectivity index (χ1n) is 7.43. The first-order chi connectivity index (χ1) is 12.4. The Balaban J connectivity index is 1.99. The minimum Gasteiger partial charge on any atom is -0.453 e. The fourth-order valence-corrected chi connectivity index (χ4v) is 2.49. The van der Waals surface area contributed by atoms with Gasteiger partial charge >= 0.3 is 12.2 Å². The summed E-state index contributed by atoms with van der Waals surface area (Å²) in [6.45, 7) is 3.90. The summed E-state index contributed by atoms with van der Waals surface area (Å²) in [6.07, 6.45) is -1.85. The van der Waals surface area contributed by atoms with E-state index in [1.165, 1.54) is 24.1 Å². The number of nitrogens with zero attached hydrogens (tertiary/aromatic N) is 2. The second-order valence-electron chi connectivity index (χ2n) is 5.23. The van der Waals surface area contributed by atoms with Gasteiger partial charge in [0.1, 0.15) is 11.9 Å². The van der Waals surface area contributed by atoms with E-state index < -0.39 is 24.1 Å². The molecule has 9 nitrogen and oxygen atoms in total. The Labute approximate surface area is 153 Å². The van der Waals surface area contributed by atoms with Gasteiger partial charge in [0.05, 0.1) is 37.3 Å². The molecule has 0 unspecified atom stereocenters. The average molecular weight is 384 g/mol. The first kappa shape index (κ1) is 19.5. The maximum Gasteiger partial charge on any atom is 0.414 e. The predicted molar refractivity (Wildman–Crippen MR) is 95.4 cm³/mol. The van der Waals surface area contributed by atoms with Crippen LogP contribution >= 0.6 is 11.9 Å². The maximum absolute atomic E-state index is 14.3. The Bertz CT molecular complexity index is 717. The fraction of sp³-hybridized carbons (Fsp3) is 0.333. The summed E-state index contributed by atoms with van der Waals surface area (Å²) >= 11 is 0.750. The van der Waals surface area contributed by atoms with E-state index in [0.29, 0.717) is 11.4 Å². The molecule has 1 aromatic rings. The van der Waals surface area contributed by atoms with Crippen molar-refractivity contribution in [3.05, 3.63) is 41.2 Å². The summed E-state index contributed by atoms with van der Waals surface area (Å²) in [7, 11) is 1.23. The molecule has 1 aliphatic heterocycles. The van der Waals surface area contributed by atoms with Crippen molar-refractivity contribution in [3.8, 4) is 0 Å². The Morgan fingerprint density at radius 1 is 1.58 bits per heavy atom. The number of carbonyl (C=O) groups is 2. The predicted octanol–water partition coefficient (Wildman–Crippen LogP) is 2.85. The van der Waals surface area contributed by atoms with Crippen molar-refractivity contribution in [1.82, 2.24) is 5.32 Å². The molecule has 0 radical (unpaired) electrons. The third-order valence-electron chi connectivity index (χ3n) is 3.40. The van der Waals surface area contributed by atoms with Gasteiger partial charge in [-0.1, -0.05) is 6.58 Å². The number of cyclic esters (lactones) is 1. The molecule has 0 spiro atoms. The van der Waals surface area contributed by atoms with Gasteiger partial charge in [-0.15, -0.1) is 4.91 Å². The number of nitrogens with one attached hydrogen (secondary N) is 2. The van der Waals surface area contributed by atoms with Crippen molar-refractivity contribution in [1.29, 1.82) is 0 Å². The van der Waals surface area contributed by atoms with Crippen LogP contribution in [0.1, 0.15) is 0 Å². The highest BCUT2D eigenvalue weighted by Gasteiger charge is 2.33. The number of benzene rings is 1. The second-order valence-corrected chi connectivity index (χ2v) is 5.93. The summed E-state index contributed by atoms with van der Waals surface area (Å²) in [6, 6.07) is 4.17. The number of carbonyl (C=O) groups excluding carboxylic acids is 2. The number of amides is 2. The van der Waals surface area contributed by atoms with Crippen molar-refractivity contribution in [3.63, 3.8) is 0 Å². The number of anilines is 2. The molecule has 140 valence electrons. The van der Waals surface area contributed by atoms with Crippen LogP contribution in [-0.2, 0) is 9.47 Å². The highest BCUT2D eigenvalue weighted by molar-refractivity contribution is 7.98. The monoisotopic (exact) mass is 384 g/mol. The highest BCUT2D eigenvalue weighted by Crippen LogP contribution is 2.26. The Morgan fingerprint density at radius 2 is 2.35 bits per heavy atom. The average Bonchev–Trinajstić information content (AvgIpc) is 3.00. The van der Waals surface area contributed by atoms with Crippen LogP contribution in [0.5, 0.6) is 0 Å². The van der Waals surface area contributed by atoms with Crippen LogP contribution in [0.2, 0.25) is 0 Å². The number of halogens is 1. The van der Waals surface area contributed by atoms with E-state index in [1.807, 2.05) is 0 Å². The fourth-order valence-electron chi connectivity index (χ4n) is 2.21. The number of nitroso groups, excluding NO2 is 1. The molecule has 11 heteroatoms. The molecule has 26 heavy (non-hydrogen) atoms. The lowest BCUT2D eigenvalue weighted by Crippen LogP contribution is -2.34. The Hall–Kier alpha value is -2.82. The van der Waals surface area contributed by atoms with E-state index >= 15 is 0 Å². The smallest absolute Gasteiger partial charge is 0.414 e. The molecule has 1 atom stereocenters. The molecule has 1 heterocycles. The van der Waals surface area contributed by atoms with Crippen LogP contribution in [0.4, 0.5) is 25.4 Å². The standard InChI is InChI=1S/C15H17FN4O5S/c1-9(8-26-19-23)18-13-4-3-10(5-12(13)16)20-7-11(25-15(20)22)6-17-14(21)24-2/h3-5,11,18H,1,6-8H2,2H3,(H,17,21)/t11-/m0/s1. The second kappa shape index (κ2) is 9.04.